The summed E-state index contributed by atoms with van der Waals surface area (Å²) in [4.78, 5) is 14.1. The van der Waals surface area contributed by atoms with Gasteiger partial charge in [0.15, 0.2) is 0 Å². The quantitative estimate of drug-likeness (QED) is 0.917. The second-order valence-electron chi connectivity index (χ2n) is 4.81. The zero-order valence-electron chi connectivity index (χ0n) is 12.2. The number of hydrogen-bond acceptors (Lipinski definition) is 2. The zero-order valence-corrected chi connectivity index (χ0v) is 12.2. The Hall–Kier alpha value is -2.29. The van der Waals surface area contributed by atoms with Gasteiger partial charge in [0.25, 0.3) is 5.91 Å². The number of carbonyl (C=O) groups excluding carboxylic acids is 1. The minimum absolute atomic E-state index is 0.00125. The molecule has 20 heavy (non-hydrogen) atoms. The highest BCUT2D eigenvalue weighted by atomic mass is 16.2. The molecule has 2 rings (SSSR count). The molecular formula is C17H20N2O. The van der Waals surface area contributed by atoms with Crippen LogP contribution in [0.3, 0.4) is 0 Å². The van der Waals surface area contributed by atoms with Gasteiger partial charge in [-0.1, -0.05) is 12.1 Å². The molecule has 0 radical (unpaired) electrons. The first-order chi connectivity index (χ1) is 9.61. The first kappa shape index (κ1) is 14.1. The number of anilines is 2. The molecule has 1 amide bonds. The molecule has 0 spiro atoms. The fraction of sp³-hybridized carbons (Fsp3) is 0.235. The van der Waals surface area contributed by atoms with E-state index in [0.717, 1.165) is 23.5 Å². The average molecular weight is 268 g/mol. The van der Waals surface area contributed by atoms with Crippen molar-refractivity contribution in [2.45, 2.75) is 13.8 Å². The summed E-state index contributed by atoms with van der Waals surface area (Å²) in [5.74, 6) is -0.00125. The molecular weight excluding hydrogens is 248 g/mol. The molecule has 3 nitrogen and oxygen atoms in total. The fourth-order valence-corrected chi connectivity index (χ4v) is 2.08. The topological polar surface area (TPSA) is 32.3 Å². The van der Waals surface area contributed by atoms with Crippen LogP contribution in [-0.4, -0.2) is 19.5 Å². The molecule has 2 aromatic carbocycles. The van der Waals surface area contributed by atoms with Crippen LogP contribution in [0.5, 0.6) is 0 Å². The highest BCUT2D eigenvalue weighted by Crippen LogP contribution is 2.18. The third kappa shape index (κ3) is 3.18. The van der Waals surface area contributed by atoms with Gasteiger partial charge in [-0.05, 0) is 55.8 Å². The van der Waals surface area contributed by atoms with Crippen LogP contribution in [0, 0.1) is 6.92 Å². The van der Waals surface area contributed by atoms with E-state index >= 15 is 0 Å². The van der Waals surface area contributed by atoms with E-state index < -0.39 is 0 Å². The van der Waals surface area contributed by atoms with Crippen LogP contribution in [0.1, 0.15) is 22.8 Å². The Morgan fingerprint density at radius 3 is 2.45 bits per heavy atom. The van der Waals surface area contributed by atoms with Crippen LogP contribution in [0.2, 0.25) is 0 Å². The highest BCUT2D eigenvalue weighted by Gasteiger charge is 2.13. The summed E-state index contributed by atoms with van der Waals surface area (Å²) in [7, 11) is 1.80. The minimum atomic E-state index is -0.00125. The van der Waals surface area contributed by atoms with E-state index in [-0.39, 0.29) is 5.91 Å². The number of aryl methyl sites for hydroxylation is 1. The van der Waals surface area contributed by atoms with E-state index in [1.807, 2.05) is 62.4 Å². The van der Waals surface area contributed by atoms with Crippen LogP contribution >= 0.6 is 0 Å². The number of hydrogen-bond donors (Lipinski definition) is 1. The van der Waals surface area contributed by atoms with Gasteiger partial charge >= 0.3 is 0 Å². The molecule has 1 N–H and O–H groups in total. The molecule has 0 unspecified atom stereocenters. The molecule has 0 atom stereocenters. The number of nitrogens with one attached hydrogen (secondary N) is 1. The van der Waals surface area contributed by atoms with Crippen molar-refractivity contribution in [1.29, 1.82) is 0 Å². The third-order valence-corrected chi connectivity index (χ3v) is 3.21. The second-order valence-corrected chi connectivity index (χ2v) is 4.81. The Morgan fingerprint density at radius 2 is 1.85 bits per heavy atom. The van der Waals surface area contributed by atoms with Crippen molar-refractivity contribution in [3.8, 4) is 0 Å². The van der Waals surface area contributed by atoms with E-state index in [0.29, 0.717) is 5.56 Å². The molecule has 2 aromatic rings. The number of benzene rings is 2. The molecule has 3 heteroatoms. The predicted octanol–water partition coefficient (Wildman–Crippen LogP) is 3.70. The number of nitrogens with zero attached hydrogens (tertiary/aromatic N) is 1. The van der Waals surface area contributed by atoms with E-state index in [4.69, 9.17) is 0 Å². The van der Waals surface area contributed by atoms with Crippen LogP contribution < -0.4 is 10.2 Å². The molecule has 0 aliphatic rings. The lowest BCUT2D eigenvalue weighted by molar-refractivity contribution is 0.0993. The normalized spacial score (nSPS) is 10.2. The molecule has 0 aliphatic carbocycles. The predicted molar refractivity (Wildman–Crippen MR) is 84.5 cm³/mol. The van der Waals surface area contributed by atoms with Gasteiger partial charge in [-0.3, -0.25) is 4.79 Å². The van der Waals surface area contributed by atoms with Crippen LogP contribution in [0.4, 0.5) is 11.4 Å². The SMILES string of the molecule is CCNc1ccc(C(=O)N(C)c2cccc(C)c2)cc1. The largest absolute Gasteiger partial charge is 0.385 e. The maximum atomic E-state index is 12.4. The van der Waals surface area contributed by atoms with Crippen molar-refractivity contribution < 1.29 is 4.79 Å². The molecule has 0 saturated heterocycles. The smallest absolute Gasteiger partial charge is 0.258 e. The molecule has 0 heterocycles. The average Bonchev–Trinajstić information content (AvgIpc) is 2.47. The van der Waals surface area contributed by atoms with Gasteiger partial charge < -0.3 is 10.2 Å². The zero-order chi connectivity index (χ0) is 14.5. The Balaban J connectivity index is 2.18. The summed E-state index contributed by atoms with van der Waals surface area (Å²) < 4.78 is 0. The Bertz CT molecular complexity index is 590. The lowest BCUT2D eigenvalue weighted by Gasteiger charge is -2.18. The van der Waals surface area contributed by atoms with Gasteiger partial charge in [-0.2, -0.15) is 0 Å². The summed E-state index contributed by atoms with van der Waals surface area (Å²) in [6, 6.07) is 15.5. The maximum absolute atomic E-state index is 12.4. The Kier molecular flexibility index (Phi) is 4.41. The van der Waals surface area contributed by atoms with Crippen molar-refractivity contribution >= 4 is 17.3 Å². The molecule has 0 saturated carbocycles. The number of rotatable bonds is 4. The van der Waals surface area contributed by atoms with E-state index in [1.165, 1.54) is 0 Å². The summed E-state index contributed by atoms with van der Waals surface area (Å²) in [5.41, 5.74) is 3.77. The van der Waals surface area contributed by atoms with Crippen molar-refractivity contribution in [2.75, 3.05) is 23.8 Å². The molecule has 0 bridgehead atoms. The van der Waals surface area contributed by atoms with Crippen molar-refractivity contribution in [3.05, 3.63) is 59.7 Å². The van der Waals surface area contributed by atoms with Crippen LogP contribution in [0.15, 0.2) is 48.5 Å². The first-order valence-corrected chi connectivity index (χ1v) is 6.80. The maximum Gasteiger partial charge on any atom is 0.258 e. The molecule has 0 aromatic heterocycles. The van der Waals surface area contributed by atoms with Gasteiger partial charge in [0.05, 0.1) is 0 Å². The van der Waals surface area contributed by atoms with Crippen molar-refractivity contribution in [1.82, 2.24) is 0 Å². The minimum Gasteiger partial charge on any atom is -0.385 e. The van der Waals surface area contributed by atoms with Crippen LogP contribution in [-0.2, 0) is 0 Å². The van der Waals surface area contributed by atoms with E-state index in [1.54, 1.807) is 11.9 Å². The monoisotopic (exact) mass is 268 g/mol. The van der Waals surface area contributed by atoms with Gasteiger partial charge in [0, 0.05) is 30.5 Å². The standard InChI is InChI=1S/C17H20N2O/c1-4-18-15-10-8-14(9-11-15)17(20)19(3)16-7-5-6-13(2)12-16/h5-12,18H,4H2,1-3H3. The molecule has 0 fully saturated rings. The van der Waals surface area contributed by atoms with Crippen molar-refractivity contribution in [2.24, 2.45) is 0 Å². The van der Waals surface area contributed by atoms with Gasteiger partial charge in [0.1, 0.15) is 0 Å². The first-order valence-electron chi connectivity index (χ1n) is 6.80. The van der Waals surface area contributed by atoms with E-state index in [9.17, 15) is 4.79 Å². The Morgan fingerprint density at radius 1 is 1.15 bits per heavy atom. The summed E-state index contributed by atoms with van der Waals surface area (Å²) in [6.45, 7) is 4.94. The Labute approximate surface area is 120 Å². The third-order valence-electron chi connectivity index (χ3n) is 3.21. The second kappa shape index (κ2) is 6.24. The van der Waals surface area contributed by atoms with Crippen molar-refractivity contribution in [3.63, 3.8) is 0 Å². The van der Waals surface area contributed by atoms with E-state index in [2.05, 4.69) is 5.32 Å². The molecule has 0 aliphatic heterocycles. The fourth-order valence-electron chi connectivity index (χ4n) is 2.08. The summed E-state index contributed by atoms with van der Waals surface area (Å²) in [6.07, 6.45) is 0. The molecule has 104 valence electrons. The summed E-state index contributed by atoms with van der Waals surface area (Å²) in [5, 5.41) is 3.22. The number of amides is 1. The lowest BCUT2D eigenvalue weighted by Crippen LogP contribution is -2.26. The van der Waals surface area contributed by atoms with Gasteiger partial charge in [0.2, 0.25) is 0 Å². The van der Waals surface area contributed by atoms with Gasteiger partial charge in [-0.25, -0.2) is 0 Å². The highest BCUT2D eigenvalue weighted by molar-refractivity contribution is 6.05. The summed E-state index contributed by atoms with van der Waals surface area (Å²) >= 11 is 0. The number of carbonyl (C=O) groups is 1. The van der Waals surface area contributed by atoms with Gasteiger partial charge in [-0.15, -0.1) is 0 Å². The van der Waals surface area contributed by atoms with Crippen LogP contribution in [0.25, 0.3) is 0 Å². The lowest BCUT2D eigenvalue weighted by atomic mass is 10.1.